The van der Waals surface area contributed by atoms with Crippen LogP contribution in [0, 0.1) is 0 Å². The summed E-state index contributed by atoms with van der Waals surface area (Å²) in [5.41, 5.74) is 3.31. The van der Waals surface area contributed by atoms with Gasteiger partial charge in [0.15, 0.2) is 0 Å². The molecule has 5 rings (SSSR count). The number of aromatic nitrogens is 6. The summed E-state index contributed by atoms with van der Waals surface area (Å²) in [6.07, 6.45) is 4.66. The van der Waals surface area contributed by atoms with Crippen molar-refractivity contribution in [2.45, 2.75) is 45.6 Å². The zero-order chi connectivity index (χ0) is 20.7. The van der Waals surface area contributed by atoms with Gasteiger partial charge in [0.25, 0.3) is 11.3 Å². The van der Waals surface area contributed by atoms with Gasteiger partial charge in [0.1, 0.15) is 12.1 Å². The predicted octanol–water partition coefficient (Wildman–Crippen LogP) is 1.12. The van der Waals surface area contributed by atoms with Crippen LogP contribution in [-0.2, 0) is 19.4 Å². The molecule has 3 aromatic heterocycles. The van der Waals surface area contributed by atoms with Gasteiger partial charge in [-0.3, -0.25) is 9.69 Å². The van der Waals surface area contributed by atoms with Crippen LogP contribution in [0.15, 0.2) is 23.3 Å². The Labute approximate surface area is 175 Å². The molecule has 0 bridgehead atoms. The minimum atomic E-state index is 0.0286. The average molecular weight is 409 g/mol. The zero-order valence-corrected chi connectivity index (χ0v) is 17.7. The molecule has 0 N–H and O–H groups in total. The van der Waals surface area contributed by atoms with Crippen molar-refractivity contribution in [3.63, 3.8) is 0 Å². The van der Waals surface area contributed by atoms with Gasteiger partial charge >= 0.3 is 0 Å². The molecule has 1 aliphatic carbocycles. The number of rotatable bonds is 5. The van der Waals surface area contributed by atoms with Crippen molar-refractivity contribution in [3.8, 4) is 0 Å². The highest BCUT2D eigenvalue weighted by atomic mass is 16.1. The van der Waals surface area contributed by atoms with Crippen molar-refractivity contribution in [3.05, 3.63) is 45.8 Å². The lowest BCUT2D eigenvalue weighted by molar-refractivity contribution is 0.241. The molecule has 0 amide bonds. The van der Waals surface area contributed by atoms with Crippen molar-refractivity contribution >= 4 is 11.6 Å². The third-order valence-corrected chi connectivity index (χ3v) is 6.19. The van der Waals surface area contributed by atoms with Gasteiger partial charge in [-0.15, -0.1) is 0 Å². The van der Waals surface area contributed by atoms with Gasteiger partial charge in [-0.05, 0) is 30.7 Å². The van der Waals surface area contributed by atoms with Crippen LogP contribution in [-0.4, -0.2) is 67.0 Å². The van der Waals surface area contributed by atoms with E-state index in [1.54, 1.807) is 17.1 Å². The quantitative estimate of drug-likeness (QED) is 0.625. The van der Waals surface area contributed by atoms with E-state index in [1.165, 1.54) is 0 Å². The van der Waals surface area contributed by atoms with Gasteiger partial charge in [-0.1, -0.05) is 13.8 Å². The highest BCUT2D eigenvalue weighted by Crippen LogP contribution is 2.22. The molecule has 1 aliphatic heterocycles. The number of hydrogen-bond acceptors (Lipinski definition) is 7. The lowest BCUT2D eigenvalue weighted by Crippen LogP contribution is -2.48. The molecule has 3 aromatic rings. The number of aryl methyl sites for hydroxylation is 2. The van der Waals surface area contributed by atoms with Crippen LogP contribution >= 0.6 is 0 Å². The molecule has 4 heterocycles. The van der Waals surface area contributed by atoms with Crippen molar-refractivity contribution in [1.82, 2.24) is 34.3 Å². The first-order valence-electron chi connectivity index (χ1n) is 10.9. The van der Waals surface area contributed by atoms with Crippen molar-refractivity contribution in [2.75, 3.05) is 37.6 Å². The second-order valence-corrected chi connectivity index (χ2v) is 8.53. The molecule has 0 aromatic carbocycles. The summed E-state index contributed by atoms with van der Waals surface area (Å²) >= 11 is 0. The van der Waals surface area contributed by atoms with Crippen molar-refractivity contribution < 1.29 is 0 Å². The minimum absolute atomic E-state index is 0.0286. The van der Waals surface area contributed by atoms with E-state index in [1.807, 2.05) is 4.52 Å². The Morgan fingerprint density at radius 2 is 1.90 bits per heavy atom. The van der Waals surface area contributed by atoms with Gasteiger partial charge < -0.3 is 4.90 Å². The van der Waals surface area contributed by atoms with Crippen LogP contribution in [0.5, 0.6) is 0 Å². The predicted molar refractivity (Wildman–Crippen MR) is 114 cm³/mol. The Balaban J connectivity index is 1.25. The number of piperazine rings is 1. The standard InChI is InChI=1S/C21H28N8O/c1-15(2)18-13-19(29-21(24-18)22-14-23-29)27-9-6-26(7-10-27)8-11-28-20(30)12-16-4-3-5-17(16)25-28/h12-15H,3-11H2,1-2H3. The van der Waals surface area contributed by atoms with Gasteiger partial charge in [0.05, 0.1) is 17.9 Å². The number of fused-ring (bicyclic) bond motifs is 2. The van der Waals surface area contributed by atoms with E-state index in [4.69, 9.17) is 0 Å². The Morgan fingerprint density at radius 3 is 2.70 bits per heavy atom. The molecule has 1 saturated heterocycles. The Hall–Kier alpha value is -2.81. The van der Waals surface area contributed by atoms with Crippen LogP contribution in [0.4, 0.5) is 5.82 Å². The van der Waals surface area contributed by atoms with E-state index >= 15 is 0 Å². The Morgan fingerprint density at radius 1 is 1.07 bits per heavy atom. The molecular weight excluding hydrogens is 380 g/mol. The maximum atomic E-state index is 12.3. The fourth-order valence-corrected chi connectivity index (χ4v) is 4.37. The summed E-state index contributed by atoms with van der Waals surface area (Å²) < 4.78 is 3.48. The summed E-state index contributed by atoms with van der Waals surface area (Å²) in [4.78, 5) is 26.0. The summed E-state index contributed by atoms with van der Waals surface area (Å²) in [7, 11) is 0. The molecule has 0 unspecified atom stereocenters. The Bertz CT molecular complexity index is 1110. The second kappa shape index (κ2) is 7.79. The van der Waals surface area contributed by atoms with E-state index < -0.39 is 0 Å². The van der Waals surface area contributed by atoms with Gasteiger partial charge in [0.2, 0.25) is 0 Å². The topological polar surface area (TPSA) is 84.5 Å². The van der Waals surface area contributed by atoms with Crippen LogP contribution in [0.2, 0.25) is 0 Å². The zero-order valence-electron chi connectivity index (χ0n) is 17.7. The highest BCUT2D eigenvalue weighted by Gasteiger charge is 2.22. The first kappa shape index (κ1) is 19.2. The molecule has 9 nitrogen and oxygen atoms in total. The fourth-order valence-electron chi connectivity index (χ4n) is 4.37. The van der Waals surface area contributed by atoms with Crippen LogP contribution in [0.3, 0.4) is 0 Å². The third-order valence-electron chi connectivity index (χ3n) is 6.19. The summed E-state index contributed by atoms with van der Waals surface area (Å²) in [5, 5.41) is 8.96. The van der Waals surface area contributed by atoms with Crippen LogP contribution in [0.25, 0.3) is 5.78 Å². The first-order valence-corrected chi connectivity index (χ1v) is 10.9. The van der Waals surface area contributed by atoms with Crippen LogP contribution in [0.1, 0.15) is 43.1 Å². The molecule has 2 aliphatic rings. The normalized spacial score (nSPS) is 17.2. The number of anilines is 1. The maximum absolute atomic E-state index is 12.3. The summed E-state index contributed by atoms with van der Waals surface area (Å²) in [6, 6.07) is 3.92. The van der Waals surface area contributed by atoms with Gasteiger partial charge in [-0.2, -0.15) is 19.7 Å². The molecule has 9 heteroatoms. The SMILES string of the molecule is CC(C)c1cc(N2CCN(CCn3nc4c(cc3=O)CCC4)CC2)n2ncnc2n1. The lowest BCUT2D eigenvalue weighted by Gasteiger charge is -2.36. The molecule has 30 heavy (non-hydrogen) atoms. The van der Waals surface area contributed by atoms with Crippen molar-refractivity contribution in [2.24, 2.45) is 0 Å². The van der Waals surface area contributed by atoms with Crippen LogP contribution < -0.4 is 10.5 Å². The smallest absolute Gasteiger partial charge is 0.267 e. The molecule has 1 fully saturated rings. The Kier molecular flexibility index (Phi) is 4.98. The van der Waals surface area contributed by atoms with E-state index in [2.05, 4.69) is 49.9 Å². The highest BCUT2D eigenvalue weighted by molar-refractivity contribution is 5.48. The maximum Gasteiger partial charge on any atom is 0.267 e. The van der Waals surface area contributed by atoms with E-state index in [0.29, 0.717) is 18.2 Å². The van der Waals surface area contributed by atoms with E-state index in [-0.39, 0.29) is 5.56 Å². The molecule has 0 saturated carbocycles. The van der Waals surface area contributed by atoms with E-state index in [0.717, 1.165) is 74.8 Å². The van der Waals surface area contributed by atoms with E-state index in [9.17, 15) is 4.79 Å². The second-order valence-electron chi connectivity index (χ2n) is 8.53. The largest absolute Gasteiger partial charge is 0.354 e. The summed E-state index contributed by atoms with van der Waals surface area (Å²) in [5.74, 6) is 2.04. The fraction of sp³-hybridized carbons (Fsp3) is 0.571. The molecular formula is C21H28N8O. The van der Waals surface area contributed by atoms with Gasteiger partial charge in [0, 0.05) is 44.9 Å². The average Bonchev–Trinajstić information content (AvgIpc) is 3.40. The van der Waals surface area contributed by atoms with Gasteiger partial charge in [-0.25, -0.2) is 9.67 Å². The molecule has 158 valence electrons. The first-order chi connectivity index (χ1) is 14.6. The molecule has 0 atom stereocenters. The minimum Gasteiger partial charge on any atom is -0.354 e. The van der Waals surface area contributed by atoms with Crippen molar-refractivity contribution in [1.29, 1.82) is 0 Å². The monoisotopic (exact) mass is 408 g/mol. The lowest BCUT2D eigenvalue weighted by atomic mass is 10.1. The molecule has 0 radical (unpaired) electrons. The molecule has 0 spiro atoms. The summed E-state index contributed by atoms with van der Waals surface area (Å²) in [6.45, 7) is 9.46. The number of nitrogens with zero attached hydrogens (tertiary/aromatic N) is 8. The third kappa shape index (κ3) is 3.58. The number of hydrogen-bond donors (Lipinski definition) is 0.